The number of carboxylic acid groups (broad SMARTS) is 1. The molecule has 112 valence electrons. The molecule has 0 aliphatic carbocycles. The molecule has 1 aromatic heterocycles. The monoisotopic (exact) mass is 289 g/mol. The number of benzene rings is 1. The van der Waals surface area contributed by atoms with Crippen LogP contribution in [0.25, 0.3) is 11.0 Å². The van der Waals surface area contributed by atoms with Gasteiger partial charge in [0.2, 0.25) is 0 Å². The zero-order chi connectivity index (χ0) is 15.6. The van der Waals surface area contributed by atoms with Crippen LogP contribution in [0.15, 0.2) is 22.6 Å². The average molecular weight is 289 g/mol. The Hall–Kier alpha value is -2.30. The summed E-state index contributed by atoms with van der Waals surface area (Å²) in [5.74, 6) is -1.01. The summed E-state index contributed by atoms with van der Waals surface area (Å²) in [6, 6.07) is 5.78. The number of carboxylic acids is 1. The van der Waals surface area contributed by atoms with Crippen LogP contribution in [0.1, 0.15) is 35.0 Å². The minimum Gasteiger partial charge on any atom is -0.481 e. The highest BCUT2D eigenvalue weighted by atomic mass is 16.4. The molecular formula is C16H19NO4. The van der Waals surface area contributed by atoms with Crippen molar-refractivity contribution in [2.24, 2.45) is 5.92 Å². The largest absolute Gasteiger partial charge is 0.481 e. The van der Waals surface area contributed by atoms with Crippen LogP contribution in [-0.4, -0.2) is 23.5 Å². The van der Waals surface area contributed by atoms with Crippen molar-refractivity contribution in [3.63, 3.8) is 0 Å². The van der Waals surface area contributed by atoms with E-state index in [1.165, 1.54) is 0 Å². The van der Waals surface area contributed by atoms with Crippen molar-refractivity contribution in [2.75, 3.05) is 6.54 Å². The van der Waals surface area contributed by atoms with E-state index < -0.39 is 5.97 Å². The molecule has 0 saturated carbocycles. The average Bonchev–Trinajstić information content (AvgIpc) is 2.75. The summed E-state index contributed by atoms with van der Waals surface area (Å²) >= 11 is 0. The van der Waals surface area contributed by atoms with Crippen LogP contribution >= 0.6 is 0 Å². The molecular weight excluding hydrogens is 270 g/mol. The van der Waals surface area contributed by atoms with Gasteiger partial charge in [-0.1, -0.05) is 25.1 Å². The number of aliphatic carboxylic acids is 1. The van der Waals surface area contributed by atoms with E-state index in [1.807, 2.05) is 32.0 Å². The van der Waals surface area contributed by atoms with Crippen molar-refractivity contribution in [1.29, 1.82) is 0 Å². The molecule has 2 rings (SSSR count). The Balaban J connectivity index is 2.15. The van der Waals surface area contributed by atoms with E-state index in [2.05, 4.69) is 5.32 Å². The van der Waals surface area contributed by atoms with Gasteiger partial charge >= 0.3 is 5.97 Å². The van der Waals surface area contributed by atoms with Crippen LogP contribution in [-0.2, 0) is 4.79 Å². The van der Waals surface area contributed by atoms with Crippen molar-refractivity contribution in [1.82, 2.24) is 5.32 Å². The lowest BCUT2D eigenvalue weighted by molar-refractivity contribution is -0.137. The molecule has 0 spiro atoms. The number of fused-ring (bicyclic) bond motifs is 1. The van der Waals surface area contributed by atoms with Crippen molar-refractivity contribution < 1.29 is 19.1 Å². The number of hydrogen-bond donors (Lipinski definition) is 2. The number of carbonyl (C=O) groups excluding carboxylic acids is 1. The maximum absolute atomic E-state index is 12.2. The predicted molar refractivity (Wildman–Crippen MR) is 79.4 cm³/mol. The fourth-order valence-corrected chi connectivity index (χ4v) is 2.32. The second-order valence-electron chi connectivity index (χ2n) is 5.42. The number of carbonyl (C=O) groups is 2. The van der Waals surface area contributed by atoms with Crippen molar-refractivity contribution >= 4 is 22.8 Å². The standard InChI is InChI=1S/C16H19NO4/c1-9(7-13(18)19)8-17-16(20)15-11(3)12-6-4-5-10(2)14(12)21-15/h4-6,9H,7-8H2,1-3H3,(H,17,20)(H,18,19). The Morgan fingerprint density at radius 3 is 2.67 bits per heavy atom. The highest BCUT2D eigenvalue weighted by Crippen LogP contribution is 2.27. The van der Waals surface area contributed by atoms with Gasteiger partial charge in [-0.05, 0) is 25.3 Å². The minimum atomic E-state index is -0.868. The van der Waals surface area contributed by atoms with Gasteiger partial charge in [0, 0.05) is 23.9 Å². The second kappa shape index (κ2) is 5.99. The lowest BCUT2D eigenvalue weighted by Gasteiger charge is -2.09. The number of rotatable bonds is 5. The van der Waals surface area contributed by atoms with Crippen LogP contribution in [0.2, 0.25) is 0 Å². The Kier molecular flexibility index (Phi) is 4.31. The summed E-state index contributed by atoms with van der Waals surface area (Å²) in [5, 5.41) is 12.4. The van der Waals surface area contributed by atoms with E-state index in [0.717, 1.165) is 22.1 Å². The highest BCUT2D eigenvalue weighted by molar-refractivity contribution is 5.99. The summed E-state index contributed by atoms with van der Waals surface area (Å²) < 4.78 is 5.68. The van der Waals surface area contributed by atoms with Gasteiger partial charge in [-0.25, -0.2) is 0 Å². The van der Waals surface area contributed by atoms with Gasteiger partial charge in [0.1, 0.15) is 5.58 Å². The third-order valence-corrected chi connectivity index (χ3v) is 3.50. The molecule has 5 nitrogen and oxygen atoms in total. The van der Waals surface area contributed by atoms with Crippen molar-refractivity contribution in [3.8, 4) is 0 Å². The van der Waals surface area contributed by atoms with E-state index in [9.17, 15) is 9.59 Å². The molecule has 0 fully saturated rings. The maximum Gasteiger partial charge on any atom is 0.303 e. The van der Waals surface area contributed by atoms with Gasteiger partial charge < -0.3 is 14.8 Å². The Labute approximate surface area is 122 Å². The number of nitrogens with one attached hydrogen (secondary N) is 1. The first-order valence-corrected chi connectivity index (χ1v) is 6.89. The third kappa shape index (κ3) is 3.24. The normalized spacial score (nSPS) is 12.3. The number of hydrogen-bond acceptors (Lipinski definition) is 3. The van der Waals surface area contributed by atoms with E-state index in [-0.39, 0.29) is 18.2 Å². The first-order chi connectivity index (χ1) is 9.90. The summed E-state index contributed by atoms with van der Waals surface area (Å²) in [6.45, 7) is 5.87. The van der Waals surface area contributed by atoms with Gasteiger partial charge in [0.25, 0.3) is 5.91 Å². The predicted octanol–water partition coefficient (Wildman–Crippen LogP) is 2.89. The van der Waals surface area contributed by atoms with Crippen molar-refractivity contribution in [3.05, 3.63) is 35.1 Å². The lowest BCUT2D eigenvalue weighted by Crippen LogP contribution is -2.29. The Morgan fingerprint density at radius 1 is 1.33 bits per heavy atom. The fraction of sp³-hybridized carbons (Fsp3) is 0.375. The molecule has 1 amide bonds. The van der Waals surface area contributed by atoms with Crippen LogP contribution < -0.4 is 5.32 Å². The van der Waals surface area contributed by atoms with Gasteiger partial charge in [-0.15, -0.1) is 0 Å². The van der Waals surface area contributed by atoms with E-state index >= 15 is 0 Å². The number of aryl methyl sites for hydroxylation is 2. The van der Waals surface area contributed by atoms with E-state index in [1.54, 1.807) is 6.92 Å². The molecule has 0 saturated heterocycles. The molecule has 1 aromatic carbocycles. The summed E-state index contributed by atoms with van der Waals surface area (Å²) in [4.78, 5) is 22.8. The molecule has 1 heterocycles. The summed E-state index contributed by atoms with van der Waals surface area (Å²) in [6.07, 6.45) is 0.0263. The van der Waals surface area contributed by atoms with Crippen LogP contribution in [0.4, 0.5) is 0 Å². The topological polar surface area (TPSA) is 79.5 Å². The molecule has 2 N–H and O–H groups in total. The Bertz CT molecular complexity index is 687. The lowest BCUT2D eigenvalue weighted by atomic mass is 10.1. The molecule has 0 aliphatic rings. The van der Waals surface area contributed by atoms with Gasteiger partial charge in [0.05, 0.1) is 0 Å². The summed E-state index contributed by atoms with van der Waals surface area (Å²) in [7, 11) is 0. The number of furan rings is 1. The number of para-hydroxylation sites is 1. The molecule has 0 radical (unpaired) electrons. The van der Waals surface area contributed by atoms with Gasteiger partial charge in [-0.2, -0.15) is 0 Å². The fourth-order valence-electron chi connectivity index (χ4n) is 2.32. The van der Waals surface area contributed by atoms with E-state index in [4.69, 9.17) is 9.52 Å². The molecule has 21 heavy (non-hydrogen) atoms. The van der Waals surface area contributed by atoms with Crippen LogP contribution in [0.5, 0.6) is 0 Å². The van der Waals surface area contributed by atoms with Crippen LogP contribution in [0.3, 0.4) is 0 Å². The Morgan fingerprint density at radius 2 is 2.05 bits per heavy atom. The quantitative estimate of drug-likeness (QED) is 0.887. The first-order valence-electron chi connectivity index (χ1n) is 6.89. The molecule has 2 aromatic rings. The van der Waals surface area contributed by atoms with Crippen LogP contribution in [0, 0.1) is 19.8 Å². The zero-order valence-electron chi connectivity index (χ0n) is 12.4. The van der Waals surface area contributed by atoms with Crippen molar-refractivity contribution in [2.45, 2.75) is 27.2 Å². The third-order valence-electron chi connectivity index (χ3n) is 3.50. The SMILES string of the molecule is Cc1c(C(=O)NCC(C)CC(=O)O)oc2c(C)cccc12. The van der Waals surface area contributed by atoms with Gasteiger partial charge in [-0.3, -0.25) is 9.59 Å². The molecule has 1 atom stereocenters. The highest BCUT2D eigenvalue weighted by Gasteiger charge is 2.19. The summed E-state index contributed by atoms with van der Waals surface area (Å²) in [5.41, 5.74) is 2.50. The molecule has 1 unspecified atom stereocenters. The maximum atomic E-state index is 12.2. The second-order valence-corrected chi connectivity index (χ2v) is 5.42. The van der Waals surface area contributed by atoms with E-state index in [0.29, 0.717) is 12.3 Å². The molecule has 5 heteroatoms. The molecule has 0 bridgehead atoms. The minimum absolute atomic E-state index is 0.0263. The zero-order valence-corrected chi connectivity index (χ0v) is 12.4. The van der Waals surface area contributed by atoms with Gasteiger partial charge in [0.15, 0.2) is 5.76 Å². The molecule has 0 aliphatic heterocycles. The number of amides is 1. The smallest absolute Gasteiger partial charge is 0.303 e. The first kappa shape index (κ1) is 15.1.